The number of carbonyl (C=O) groups excluding carboxylic acids is 1. The van der Waals surface area contributed by atoms with E-state index in [1.165, 1.54) is 24.4 Å². The molecule has 2 heterocycles. The van der Waals surface area contributed by atoms with Crippen LogP contribution in [0.2, 0.25) is 0 Å². The fourth-order valence-electron chi connectivity index (χ4n) is 3.09. The van der Waals surface area contributed by atoms with E-state index in [2.05, 4.69) is 14.7 Å². The first kappa shape index (κ1) is 19.2. The molecule has 146 valence electrons. The molecule has 0 atom stereocenters. The van der Waals surface area contributed by atoms with Gasteiger partial charge in [0.15, 0.2) is 0 Å². The molecule has 0 bridgehead atoms. The second-order valence-electron chi connectivity index (χ2n) is 6.35. The van der Waals surface area contributed by atoms with E-state index in [1.807, 2.05) is 0 Å². The van der Waals surface area contributed by atoms with E-state index >= 15 is 0 Å². The van der Waals surface area contributed by atoms with E-state index in [9.17, 15) is 18.0 Å². The lowest BCUT2D eigenvalue weighted by Gasteiger charge is -2.34. The van der Waals surface area contributed by atoms with Crippen molar-refractivity contribution < 1.29 is 27.4 Å². The second kappa shape index (κ2) is 7.99. The van der Waals surface area contributed by atoms with Crippen LogP contribution in [0.4, 0.5) is 13.2 Å². The van der Waals surface area contributed by atoms with E-state index in [1.54, 1.807) is 17.9 Å². The summed E-state index contributed by atoms with van der Waals surface area (Å²) in [5.74, 6) is 0.0623. The van der Waals surface area contributed by atoms with Gasteiger partial charge in [-0.3, -0.25) is 4.79 Å². The van der Waals surface area contributed by atoms with Gasteiger partial charge < -0.3 is 19.4 Å². The van der Waals surface area contributed by atoms with Crippen molar-refractivity contribution in [3.8, 4) is 5.75 Å². The Kier molecular flexibility index (Phi) is 5.69. The van der Waals surface area contributed by atoms with Crippen LogP contribution < -0.4 is 4.74 Å². The molecule has 0 spiro atoms. The maximum atomic E-state index is 13.0. The number of H-pyrrole nitrogens is 1. The zero-order chi connectivity index (χ0) is 19.4. The molecule has 1 saturated heterocycles. The van der Waals surface area contributed by atoms with Crippen molar-refractivity contribution in [2.75, 3.05) is 13.2 Å². The summed E-state index contributed by atoms with van der Waals surface area (Å²) in [5, 5.41) is 0. The Bertz CT molecular complexity index is 785. The third-order valence-electron chi connectivity index (χ3n) is 4.31. The maximum Gasteiger partial charge on any atom is 0.573 e. The number of nitrogens with one attached hydrogen (secondary N) is 1. The highest BCUT2D eigenvalue weighted by molar-refractivity contribution is 5.92. The average Bonchev–Trinajstić information content (AvgIpc) is 3.05. The molecule has 3 rings (SSSR count). The van der Waals surface area contributed by atoms with E-state index in [0.717, 1.165) is 0 Å². The number of carbonyl (C=O) groups is 1. The SMILES string of the molecule is Cc1ncc(C(=O)N(Cc2cccc(OC(F)(F)F)c2)C2CCOCC2)[nH]1. The van der Waals surface area contributed by atoms with Crippen LogP contribution in [0.15, 0.2) is 30.5 Å². The quantitative estimate of drug-likeness (QED) is 0.859. The van der Waals surface area contributed by atoms with Gasteiger partial charge in [0.1, 0.15) is 17.3 Å². The Morgan fingerprint density at radius 1 is 1.37 bits per heavy atom. The number of rotatable bonds is 5. The summed E-state index contributed by atoms with van der Waals surface area (Å²) in [6.45, 7) is 2.98. The lowest BCUT2D eigenvalue weighted by atomic mass is 10.0. The van der Waals surface area contributed by atoms with E-state index in [-0.39, 0.29) is 24.2 Å². The van der Waals surface area contributed by atoms with Crippen LogP contribution in [-0.2, 0) is 11.3 Å². The van der Waals surface area contributed by atoms with Crippen LogP contribution in [0.3, 0.4) is 0 Å². The van der Waals surface area contributed by atoms with Gasteiger partial charge in [0.25, 0.3) is 5.91 Å². The molecule has 27 heavy (non-hydrogen) atoms. The summed E-state index contributed by atoms with van der Waals surface area (Å²) >= 11 is 0. The lowest BCUT2D eigenvalue weighted by molar-refractivity contribution is -0.274. The number of ether oxygens (including phenoxy) is 2. The first-order valence-electron chi connectivity index (χ1n) is 8.57. The number of halogens is 3. The molecule has 1 aromatic heterocycles. The van der Waals surface area contributed by atoms with Gasteiger partial charge in [0.05, 0.1) is 6.20 Å². The number of aryl methyl sites for hydroxylation is 1. The molecular weight excluding hydrogens is 363 g/mol. The number of amides is 1. The summed E-state index contributed by atoms with van der Waals surface area (Å²) in [5.41, 5.74) is 0.898. The van der Waals surface area contributed by atoms with Crippen LogP contribution in [0.1, 0.15) is 34.7 Å². The van der Waals surface area contributed by atoms with Crippen molar-refractivity contribution in [1.29, 1.82) is 0 Å². The summed E-state index contributed by atoms with van der Waals surface area (Å²) in [6, 6.07) is 5.60. The number of hydrogen-bond donors (Lipinski definition) is 1. The molecule has 1 N–H and O–H groups in total. The highest BCUT2D eigenvalue weighted by Gasteiger charge is 2.31. The number of hydrogen-bond acceptors (Lipinski definition) is 4. The van der Waals surface area contributed by atoms with Gasteiger partial charge >= 0.3 is 6.36 Å². The van der Waals surface area contributed by atoms with Crippen molar-refractivity contribution in [2.45, 2.75) is 38.7 Å². The molecular formula is C18H20F3N3O3. The number of aromatic nitrogens is 2. The van der Waals surface area contributed by atoms with E-state index in [4.69, 9.17) is 4.74 Å². The minimum atomic E-state index is -4.76. The third-order valence-corrected chi connectivity index (χ3v) is 4.31. The molecule has 6 nitrogen and oxygen atoms in total. The summed E-state index contributed by atoms with van der Waals surface area (Å²) in [7, 11) is 0. The normalized spacial score (nSPS) is 15.6. The second-order valence-corrected chi connectivity index (χ2v) is 6.35. The van der Waals surface area contributed by atoms with Gasteiger partial charge in [-0.15, -0.1) is 13.2 Å². The largest absolute Gasteiger partial charge is 0.573 e. The minimum Gasteiger partial charge on any atom is -0.406 e. The van der Waals surface area contributed by atoms with Gasteiger partial charge in [-0.05, 0) is 37.5 Å². The molecule has 0 saturated carbocycles. The first-order chi connectivity index (χ1) is 12.8. The molecule has 1 aliphatic heterocycles. The molecule has 1 fully saturated rings. The fraction of sp³-hybridized carbons (Fsp3) is 0.444. The molecule has 9 heteroatoms. The zero-order valence-electron chi connectivity index (χ0n) is 14.8. The number of imidazole rings is 1. The van der Waals surface area contributed by atoms with E-state index < -0.39 is 6.36 Å². The van der Waals surface area contributed by atoms with Crippen LogP contribution in [0, 0.1) is 6.92 Å². The Morgan fingerprint density at radius 3 is 2.74 bits per heavy atom. The lowest BCUT2D eigenvalue weighted by Crippen LogP contribution is -2.43. The molecule has 0 unspecified atom stereocenters. The van der Waals surface area contributed by atoms with Gasteiger partial charge in [-0.25, -0.2) is 4.98 Å². The van der Waals surface area contributed by atoms with Gasteiger partial charge in [0, 0.05) is 25.8 Å². The standard InChI is InChI=1S/C18H20F3N3O3/c1-12-22-10-16(23-12)17(25)24(14-5-7-26-8-6-14)11-13-3-2-4-15(9-13)27-18(19,20)21/h2-4,9-10,14H,5-8,11H2,1H3,(H,22,23). The predicted octanol–water partition coefficient (Wildman–Crippen LogP) is 3.44. The van der Waals surface area contributed by atoms with Crippen molar-refractivity contribution in [3.05, 3.63) is 47.5 Å². The van der Waals surface area contributed by atoms with Crippen molar-refractivity contribution in [3.63, 3.8) is 0 Å². The van der Waals surface area contributed by atoms with Gasteiger partial charge in [-0.1, -0.05) is 12.1 Å². The number of aromatic amines is 1. The van der Waals surface area contributed by atoms with Crippen molar-refractivity contribution in [2.24, 2.45) is 0 Å². The molecule has 2 aromatic rings. The molecule has 1 aromatic carbocycles. The Balaban J connectivity index is 1.83. The molecule has 1 amide bonds. The Morgan fingerprint density at radius 2 is 2.11 bits per heavy atom. The highest BCUT2D eigenvalue weighted by Crippen LogP contribution is 2.25. The molecule has 0 radical (unpaired) electrons. The monoisotopic (exact) mass is 383 g/mol. The third kappa shape index (κ3) is 5.22. The minimum absolute atomic E-state index is 0.0675. The number of benzene rings is 1. The first-order valence-corrected chi connectivity index (χ1v) is 8.57. The Hall–Kier alpha value is -2.55. The van der Waals surface area contributed by atoms with Crippen molar-refractivity contribution >= 4 is 5.91 Å². The summed E-state index contributed by atoms with van der Waals surface area (Å²) in [6.07, 6.45) is -1.97. The van der Waals surface area contributed by atoms with Crippen LogP contribution in [0.5, 0.6) is 5.75 Å². The molecule has 1 aliphatic rings. The maximum absolute atomic E-state index is 13.0. The van der Waals surface area contributed by atoms with Gasteiger partial charge in [-0.2, -0.15) is 0 Å². The summed E-state index contributed by atoms with van der Waals surface area (Å²) < 4.78 is 46.7. The average molecular weight is 383 g/mol. The Labute approximate surface area is 154 Å². The van der Waals surface area contributed by atoms with Gasteiger partial charge in [0.2, 0.25) is 0 Å². The van der Waals surface area contributed by atoms with Crippen LogP contribution >= 0.6 is 0 Å². The number of alkyl halides is 3. The fourth-order valence-corrected chi connectivity index (χ4v) is 3.09. The highest BCUT2D eigenvalue weighted by atomic mass is 19.4. The zero-order valence-corrected chi connectivity index (χ0v) is 14.8. The van der Waals surface area contributed by atoms with Crippen molar-refractivity contribution in [1.82, 2.24) is 14.9 Å². The smallest absolute Gasteiger partial charge is 0.406 e. The summed E-state index contributed by atoms with van der Waals surface area (Å²) in [4.78, 5) is 21.6. The van der Waals surface area contributed by atoms with Crippen LogP contribution in [0.25, 0.3) is 0 Å². The molecule has 0 aliphatic carbocycles. The van der Waals surface area contributed by atoms with Crippen LogP contribution in [-0.4, -0.2) is 46.4 Å². The van der Waals surface area contributed by atoms with E-state index in [0.29, 0.717) is 43.1 Å². The topological polar surface area (TPSA) is 67.5 Å². The predicted molar refractivity (Wildman–Crippen MR) is 90.2 cm³/mol. The number of nitrogens with zero attached hydrogens (tertiary/aromatic N) is 2.